The van der Waals surface area contributed by atoms with Crippen molar-refractivity contribution in [1.29, 1.82) is 0 Å². The van der Waals surface area contributed by atoms with E-state index in [1.807, 2.05) is 60.2 Å². The lowest BCUT2D eigenvalue weighted by Gasteiger charge is -2.09. The van der Waals surface area contributed by atoms with Gasteiger partial charge in [-0.1, -0.05) is 29.8 Å². The van der Waals surface area contributed by atoms with E-state index in [4.69, 9.17) is 11.6 Å². The van der Waals surface area contributed by atoms with E-state index < -0.39 is 0 Å². The van der Waals surface area contributed by atoms with Gasteiger partial charge in [-0.3, -0.25) is 9.78 Å². The molecule has 0 aliphatic heterocycles. The standard InChI is InChI=1S/C20H15ClN4O/c1-14-10-19-23-17(8-7-15-4-3-9-22-13-15)12-20(26)25(19)24(14)18-6-2-5-16(21)11-18/h2-13H,1H3/b8-7+. The normalized spacial score (nSPS) is 11.5. The van der Waals surface area contributed by atoms with E-state index in [1.54, 1.807) is 23.0 Å². The Hall–Kier alpha value is -3.18. The number of hydrogen-bond acceptors (Lipinski definition) is 3. The van der Waals surface area contributed by atoms with Gasteiger partial charge in [0.1, 0.15) is 0 Å². The van der Waals surface area contributed by atoms with Crippen LogP contribution in [0.3, 0.4) is 0 Å². The SMILES string of the molecule is Cc1cc2nc(/C=C/c3cccnc3)cc(=O)n2n1-c1cccc(Cl)c1. The fourth-order valence-electron chi connectivity index (χ4n) is 2.88. The van der Waals surface area contributed by atoms with Gasteiger partial charge >= 0.3 is 0 Å². The topological polar surface area (TPSA) is 52.2 Å². The van der Waals surface area contributed by atoms with Crippen LogP contribution in [0.25, 0.3) is 23.5 Å². The summed E-state index contributed by atoms with van der Waals surface area (Å²) >= 11 is 6.10. The van der Waals surface area contributed by atoms with Crippen LogP contribution in [0.2, 0.25) is 5.02 Å². The minimum Gasteiger partial charge on any atom is -0.267 e. The van der Waals surface area contributed by atoms with E-state index in [0.717, 1.165) is 16.9 Å². The Morgan fingerprint density at radius 3 is 2.73 bits per heavy atom. The number of halogens is 1. The summed E-state index contributed by atoms with van der Waals surface area (Å²) < 4.78 is 3.35. The van der Waals surface area contributed by atoms with E-state index in [-0.39, 0.29) is 5.56 Å². The van der Waals surface area contributed by atoms with Crippen molar-refractivity contribution in [2.24, 2.45) is 0 Å². The fourth-order valence-corrected chi connectivity index (χ4v) is 3.07. The van der Waals surface area contributed by atoms with Crippen molar-refractivity contribution < 1.29 is 0 Å². The summed E-state index contributed by atoms with van der Waals surface area (Å²) in [6.07, 6.45) is 7.16. The molecule has 26 heavy (non-hydrogen) atoms. The maximum atomic E-state index is 12.7. The Morgan fingerprint density at radius 1 is 1.08 bits per heavy atom. The fraction of sp³-hybridized carbons (Fsp3) is 0.0500. The van der Waals surface area contributed by atoms with Crippen LogP contribution in [0.15, 0.2) is 65.7 Å². The Balaban J connectivity index is 1.83. The molecule has 0 aliphatic carbocycles. The first-order valence-corrected chi connectivity index (χ1v) is 8.46. The molecule has 0 amide bonds. The van der Waals surface area contributed by atoms with Crippen LogP contribution in [0.1, 0.15) is 17.0 Å². The molecule has 4 rings (SSSR count). The predicted molar refractivity (Wildman–Crippen MR) is 104 cm³/mol. The number of benzene rings is 1. The highest BCUT2D eigenvalue weighted by atomic mass is 35.5. The molecule has 3 heterocycles. The van der Waals surface area contributed by atoms with E-state index in [1.165, 1.54) is 6.07 Å². The number of fused-ring (bicyclic) bond motifs is 1. The monoisotopic (exact) mass is 362 g/mol. The largest absolute Gasteiger partial charge is 0.273 e. The van der Waals surface area contributed by atoms with Crippen LogP contribution < -0.4 is 5.56 Å². The summed E-state index contributed by atoms with van der Waals surface area (Å²) in [6.45, 7) is 1.93. The van der Waals surface area contributed by atoms with Gasteiger partial charge in [0.15, 0.2) is 5.65 Å². The van der Waals surface area contributed by atoms with Crippen molar-refractivity contribution >= 4 is 29.4 Å². The number of aryl methyl sites for hydroxylation is 1. The van der Waals surface area contributed by atoms with Crippen molar-refractivity contribution in [2.45, 2.75) is 6.92 Å². The summed E-state index contributed by atoms with van der Waals surface area (Å²) in [7, 11) is 0. The first kappa shape index (κ1) is 16.3. The highest BCUT2D eigenvalue weighted by molar-refractivity contribution is 6.30. The zero-order valence-corrected chi connectivity index (χ0v) is 14.8. The maximum absolute atomic E-state index is 12.7. The van der Waals surface area contributed by atoms with Crippen molar-refractivity contribution in [3.05, 3.63) is 93.3 Å². The number of pyridine rings is 1. The van der Waals surface area contributed by atoms with Crippen LogP contribution >= 0.6 is 11.6 Å². The molecular formula is C20H15ClN4O. The van der Waals surface area contributed by atoms with Gasteiger partial charge in [0.25, 0.3) is 5.56 Å². The molecule has 3 aromatic heterocycles. The lowest BCUT2D eigenvalue weighted by Crippen LogP contribution is -2.20. The molecule has 0 saturated carbocycles. The maximum Gasteiger partial charge on any atom is 0.273 e. The first-order chi connectivity index (χ1) is 12.6. The van der Waals surface area contributed by atoms with E-state index >= 15 is 0 Å². The van der Waals surface area contributed by atoms with Gasteiger partial charge in [-0.05, 0) is 42.8 Å². The Bertz CT molecular complexity index is 1180. The van der Waals surface area contributed by atoms with E-state index in [9.17, 15) is 4.79 Å². The van der Waals surface area contributed by atoms with Gasteiger partial charge < -0.3 is 0 Å². The molecule has 0 N–H and O–H groups in total. The molecule has 5 nitrogen and oxygen atoms in total. The number of aromatic nitrogens is 4. The molecule has 6 heteroatoms. The van der Waals surface area contributed by atoms with E-state index in [2.05, 4.69) is 9.97 Å². The summed E-state index contributed by atoms with van der Waals surface area (Å²) in [5.41, 5.74) is 3.68. The van der Waals surface area contributed by atoms with Crippen LogP contribution in [-0.2, 0) is 0 Å². The van der Waals surface area contributed by atoms with Gasteiger partial charge in [0.05, 0.1) is 11.4 Å². The molecule has 0 spiro atoms. The summed E-state index contributed by atoms with van der Waals surface area (Å²) in [6, 6.07) is 14.6. The van der Waals surface area contributed by atoms with Crippen LogP contribution in [-0.4, -0.2) is 19.2 Å². The molecule has 0 saturated heterocycles. The molecule has 0 radical (unpaired) electrons. The van der Waals surface area contributed by atoms with Crippen molar-refractivity contribution in [2.75, 3.05) is 0 Å². The second kappa shape index (κ2) is 6.61. The Morgan fingerprint density at radius 2 is 1.96 bits per heavy atom. The Labute approximate surface area is 154 Å². The third-order valence-corrected chi connectivity index (χ3v) is 4.23. The minimum atomic E-state index is -0.158. The highest BCUT2D eigenvalue weighted by Crippen LogP contribution is 2.18. The summed E-state index contributed by atoms with van der Waals surface area (Å²) in [5, 5.41) is 0.612. The van der Waals surface area contributed by atoms with Crippen molar-refractivity contribution in [3.8, 4) is 5.69 Å². The molecule has 0 atom stereocenters. The molecule has 4 aromatic rings. The van der Waals surface area contributed by atoms with Crippen LogP contribution in [0.5, 0.6) is 0 Å². The zero-order chi connectivity index (χ0) is 18.1. The molecule has 0 aliphatic rings. The molecule has 128 valence electrons. The van der Waals surface area contributed by atoms with Gasteiger partial charge in [0, 0.05) is 35.2 Å². The predicted octanol–water partition coefficient (Wildman–Crippen LogP) is 4.01. The second-order valence-corrected chi connectivity index (χ2v) is 6.32. The lowest BCUT2D eigenvalue weighted by atomic mass is 10.2. The van der Waals surface area contributed by atoms with Gasteiger partial charge in [-0.25, -0.2) is 9.67 Å². The van der Waals surface area contributed by atoms with Crippen LogP contribution in [0.4, 0.5) is 0 Å². The minimum absolute atomic E-state index is 0.158. The number of hydrogen-bond donors (Lipinski definition) is 0. The molecule has 0 bridgehead atoms. The number of rotatable bonds is 3. The molecule has 0 fully saturated rings. The van der Waals surface area contributed by atoms with Crippen LogP contribution in [0, 0.1) is 6.92 Å². The quantitative estimate of drug-likeness (QED) is 0.553. The highest BCUT2D eigenvalue weighted by Gasteiger charge is 2.11. The average molecular weight is 363 g/mol. The molecular weight excluding hydrogens is 348 g/mol. The van der Waals surface area contributed by atoms with Crippen molar-refractivity contribution in [3.63, 3.8) is 0 Å². The number of nitrogens with zero attached hydrogens (tertiary/aromatic N) is 4. The summed E-state index contributed by atoms with van der Waals surface area (Å²) in [4.78, 5) is 21.4. The van der Waals surface area contributed by atoms with Gasteiger partial charge in [0.2, 0.25) is 0 Å². The Kier molecular flexibility index (Phi) is 4.14. The van der Waals surface area contributed by atoms with Gasteiger partial charge in [-0.2, -0.15) is 4.52 Å². The average Bonchev–Trinajstić information content (AvgIpc) is 2.97. The van der Waals surface area contributed by atoms with Gasteiger partial charge in [-0.15, -0.1) is 0 Å². The molecule has 0 unspecified atom stereocenters. The zero-order valence-electron chi connectivity index (χ0n) is 14.0. The summed E-state index contributed by atoms with van der Waals surface area (Å²) in [5.74, 6) is 0. The lowest BCUT2D eigenvalue weighted by molar-refractivity contribution is 0.743. The second-order valence-electron chi connectivity index (χ2n) is 5.89. The smallest absolute Gasteiger partial charge is 0.267 e. The first-order valence-electron chi connectivity index (χ1n) is 8.08. The third kappa shape index (κ3) is 3.05. The third-order valence-electron chi connectivity index (χ3n) is 4.00. The van der Waals surface area contributed by atoms with Crippen molar-refractivity contribution in [1.82, 2.24) is 19.2 Å². The molecule has 1 aromatic carbocycles. The van der Waals surface area contributed by atoms with E-state index in [0.29, 0.717) is 16.4 Å².